The highest BCUT2D eigenvalue weighted by Gasteiger charge is 2.43. The van der Waals surface area contributed by atoms with Crippen molar-refractivity contribution in [2.24, 2.45) is 0 Å². The molecule has 5 atom stereocenters. The molecule has 1 fully saturated rings. The van der Waals surface area contributed by atoms with E-state index < -0.39 is 37.1 Å². The van der Waals surface area contributed by atoms with Gasteiger partial charge in [0, 0.05) is 12.6 Å². The first-order valence-electron chi connectivity index (χ1n) is 9.29. The van der Waals surface area contributed by atoms with Crippen molar-refractivity contribution >= 4 is 5.91 Å². The summed E-state index contributed by atoms with van der Waals surface area (Å²) < 4.78 is 11.3. The lowest BCUT2D eigenvalue weighted by molar-refractivity contribution is -0.231. The Kier molecular flexibility index (Phi) is 6.83. The van der Waals surface area contributed by atoms with Gasteiger partial charge in [0.2, 0.25) is 0 Å². The van der Waals surface area contributed by atoms with Crippen LogP contribution in [0.2, 0.25) is 0 Å². The van der Waals surface area contributed by atoms with E-state index >= 15 is 0 Å². The van der Waals surface area contributed by atoms with Crippen molar-refractivity contribution in [3.8, 4) is 5.75 Å². The number of nitrogens with one attached hydrogen (secondary N) is 1. The Morgan fingerprint density at radius 3 is 2.45 bits per heavy atom. The lowest BCUT2D eigenvalue weighted by Crippen LogP contribution is -2.55. The number of hydrogen-bond acceptors (Lipinski definition) is 7. The van der Waals surface area contributed by atoms with Gasteiger partial charge in [-0.2, -0.15) is 0 Å². The molecule has 156 valence electrons. The zero-order valence-corrected chi connectivity index (χ0v) is 15.9. The van der Waals surface area contributed by atoms with Crippen LogP contribution in [0.4, 0.5) is 0 Å². The Morgan fingerprint density at radius 2 is 1.79 bits per heavy atom. The lowest BCUT2D eigenvalue weighted by atomic mass is 9.91. The van der Waals surface area contributed by atoms with Crippen LogP contribution in [0.1, 0.15) is 27.6 Å². The van der Waals surface area contributed by atoms with Crippen LogP contribution in [0, 0.1) is 0 Å². The molecule has 0 bridgehead atoms. The van der Waals surface area contributed by atoms with E-state index in [1.165, 1.54) is 0 Å². The average molecular weight is 403 g/mol. The van der Waals surface area contributed by atoms with E-state index in [-0.39, 0.29) is 12.5 Å². The predicted octanol–water partition coefficient (Wildman–Crippen LogP) is 0.140. The Balaban J connectivity index is 1.68. The topological polar surface area (TPSA) is 128 Å². The minimum absolute atomic E-state index is 0.177. The van der Waals surface area contributed by atoms with Gasteiger partial charge < -0.3 is 35.2 Å². The number of aliphatic hydroxyl groups excluding tert-OH is 4. The Labute approximate surface area is 168 Å². The Bertz CT molecular complexity index is 824. The fourth-order valence-electron chi connectivity index (χ4n) is 3.25. The van der Waals surface area contributed by atoms with Crippen molar-refractivity contribution in [3.05, 3.63) is 65.2 Å². The van der Waals surface area contributed by atoms with E-state index in [9.17, 15) is 25.2 Å². The Morgan fingerprint density at radius 1 is 1.07 bits per heavy atom. The summed E-state index contributed by atoms with van der Waals surface area (Å²) in [5.74, 6) is 0.416. The molecule has 2 aromatic carbocycles. The number of carbonyl (C=O) groups excluding carboxylic acids is 1. The van der Waals surface area contributed by atoms with Gasteiger partial charge >= 0.3 is 0 Å². The summed E-state index contributed by atoms with van der Waals surface area (Å²) in [4.78, 5) is 11.6. The van der Waals surface area contributed by atoms with Crippen LogP contribution in [0.25, 0.3) is 0 Å². The first kappa shape index (κ1) is 21.2. The minimum Gasteiger partial charge on any atom is -0.489 e. The van der Waals surface area contributed by atoms with Gasteiger partial charge in [0.1, 0.15) is 42.9 Å². The van der Waals surface area contributed by atoms with Crippen LogP contribution in [-0.4, -0.2) is 64.4 Å². The second kappa shape index (κ2) is 9.34. The van der Waals surface area contributed by atoms with Gasteiger partial charge in [-0.05, 0) is 41.5 Å². The van der Waals surface area contributed by atoms with Gasteiger partial charge in [0.05, 0.1) is 6.61 Å². The second-order valence-electron chi connectivity index (χ2n) is 6.89. The average Bonchev–Trinajstić information content (AvgIpc) is 2.76. The predicted molar refractivity (Wildman–Crippen MR) is 103 cm³/mol. The molecule has 1 heterocycles. The standard InChI is InChI=1S/C21H25NO7/c1-22-21(27)13-5-7-15(8-6-13)28-11-12-3-2-4-14(9-12)20-19(26)18(25)17(24)16(10-23)29-20/h2-9,16-20,23-26H,10-11H2,1H3,(H,22,27)/t16-,17-,18+,19+,20?/m1/s1. The molecule has 1 aliphatic rings. The first-order valence-corrected chi connectivity index (χ1v) is 9.29. The maximum Gasteiger partial charge on any atom is 0.251 e. The van der Waals surface area contributed by atoms with E-state index in [1.807, 2.05) is 6.07 Å². The third kappa shape index (κ3) is 4.75. The van der Waals surface area contributed by atoms with E-state index in [2.05, 4.69) is 5.32 Å². The molecule has 0 saturated carbocycles. The summed E-state index contributed by atoms with van der Waals surface area (Å²) in [6.45, 7) is -0.235. The normalized spacial score (nSPS) is 26.7. The number of benzene rings is 2. The third-order valence-corrected chi connectivity index (χ3v) is 4.92. The zero-order valence-electron chi connectivity index (χ0n) is 15.9. The molecule has 0 aliphatic carbocycles. The molecule has 29 heavy (non-hydrogen) atoms. The van der Waals surface area contributed by atoms with Crippen molar-refractivity contribution in [2.75, 3.05) is 13.7 Å². The molecule has 3 rings (SSSR count). The molecule has 0 spiro atoms. The number of amides is 1. The van der Waals surface area contributed by atoms with Crippen LogP contribution < -0.4 is 10.1 Å². The van der Waals surface area contributed by atoms with E-state index in [0.717, 1.165) is 5.56 Å². The molecule has 8 nitrogen and oxygen atoms in total. The summed E-state index contributed by atoms with van der Waals surface area (Å²) in [6, 6.07) is 13.8. The highest BCUT2D eigenvalue weighted by molar-refractivity contribution is 5.94. The van der Waals surface area contributed by atoms with Crippen molar-refractivity contribution in [1.82, 2.24) is 5.32 Å². The van der Waals surface area contributed by atoms with Gasteiger partial charge in [-0.1, -0.05) is 18.2 Å². The van der Waals surface area contributed by atoms with Gasteiger partial charge in [0.25, 0.3) is 5.91 Å². The number of carbonyl (C=O) groups is 1. The molecule has 2 aromatic rings. The fourth-order valence-corrected chi connectivity index (χ4v) is 3.25. The SMILES string of the molecule is CNC(=O)c1ccc(OCc2cccc(C3O[C@H](CO)[C@@H](O)[C@H](O)[C@@H]3O)c2)cc1. The van der Waals surface area contributed by atoms with Crippen molar-refractivity contribution in [1.29, 1.82) is 0 Å². The largest absolute Gasteiger partial charge is 0.489 e. The molecule has 1 amide bonds. The van der Waals surface area contributed by atoms with E-state index in [1.54, 1.807) is 49.5 Å². The van der Waals surface area contributed by atoms with Crippen LogP contribution >= 0.6 is 0 Å². The van der Waals surface area contributed by atoms with Gasteiger partial charge in [-0.15, -0.1) is 0 Å². The van der Waals surface area contributed by atoms with Crippen molar-refractivity contribution in [3.63, 3.8) is 0 Å². The van der Waals surface area contributed by atoms with Crippen LogP contribution in [0.15, 0.2) is 48.5 Å². The molecular weight excluding hydrogens is 378 g/mol. The highest BCUT2D eigenvalue weighted by Crippen LogP contribution is 2.32. The van der Waals surface area contributed by atoms with Crippen LogP contribution in [0.5, 0.6) is 5.75 Å². The first-order chi connectivity index (χ1) is 13.9. The minimum atomic E-state index is -1.43. The molecule has 5 N–H and O–H groups in total. The summed E-state index contributed by atoms with van der Waals surface area (Å²) in [5, 5.41) is 42.1. The van der Waals surface area contributed by atoms with E-state index in [0.29, 0.717) is 16.9 Å². The fraction of sp³-hybridized carbons (Fsp3) is 0.381. The Hall–Kier alpha value is -2.49. The van der Waals surface area contributed by atoms with Crippen molar-refractivity contribution in [2.45, 2.75) is 37.1 Å². The van der Waals surface area contributed by atoms with Crippen LogP contribution in [-0.2, 0) is 11.3 Å². The van der Waals surface area contributed by atoms with Gasteiger partial charge in [0.15, 0.2) is 0 Å². The smallest absolute Gasteiger partial charge is 0.251 e. The van der Waals surface area contributed by atoms with Crippen LogP contribution in [0.3, 0.4) is 0 Å². The number of aliphatic hydroxyl groups is 4. The molecule has 8 heteroatoms. The lowest BCUT2D eigenvalue weighted by Gasteiger charge is -2.40. The van der Waals surface area contributed by atoms with Gasteiger partial charge in [-0.3, -0.25) is 4.79 Å². The molecule has 1 aliphatic heterocycles. The quantitative estimate of drug-likeness (QED) is 0.464. The third-order valence-electron chi connectivity index (χ3n) is 4.92. The number of rotatable bonds is 6. The molecule has 0 aromatic heterocycles. The summed E-state index contributed by atoms with van der Waals surface area (Å²) in [7, 11) is 1.56. The summed E-state index contributed by atoms with van der Waals surface area (Å²) in [6.07, 6.45) is -6.00. The maximum absolute atomic E-state index is 11.6. The second-order valence-corrected chi connectivity index (χ2v) is 6.89. The van der Waals surface area contributed by atoms with E-state index in [4.69, 9.17) is 9.47 Å². The molecular formula is C21H25NO7. The molecule has 1 saturated heterocycles. The summed E-state index contributed by atoms with van der Waals surface area (Å²) >= 11 is 0. The monoisotopic (exact) mass is 403 g/mol. The van der Waals surface area contributed by atoms with Gasteiger partial charge in [-0.25, -0.2) is 0 Å². The highest BCUT2D eigenvalue weighted by atomic mass is 16.5. The molecule has 0 radical (unpaired) electrons. The summed E-state index contributed by atoms with van der Waals surface area (Å²) in [5.41, 5.74) is 1.93. The number of hydrogen-bond donors (Lipinski definition) is 5. The van der Waals surface area contributed by atoms with Crippen molar-refractivity contribution < 1.29 is 34.7 Å². The maximum atomic E-state index is 11.6. The zero-order chi connectivity index (χ0) is 21.0. The molecule has 1 unspecified atom stereocenters. The number of ether oxygens (including phenoxy) is 2.